The Morgan fingerprint density at radius 2 is 1.85 bits per heavy atom. The van der Waals surface area contributed by atoms with E-state index >= 15 is 0 Å². The Hall–Kier alpha value is -0.900. The summed E-state index contributed by atoms with van der Waals surface area (Å²) in [4.78, 5) is 23.0. The Morgan fingerprint density at radius 3 is 2.35 bits per heavy atom. The van der Waals surface area contributed by atoms with E-state index in [1.165, 1.54) is 0 Å². The Morgan fingerprint density at radius 1 is 1.25 bits per heavy atom. The van der Waals surface area contributed by atoms with Gasteiger partial charge in [-0.2, -0.15) is 0 Å². The quantitative estimate of drug-likeness (QED) is 0.371. The van der Waals surface area contributed by atoms with Crippen molar-refractivity contribution in [2.45, 2.75) is 72.0 Å². The molecule has 0 aromatic rings. The highest BCUT2D eigenvalue weighted by molar-refractivity contribution is 6.34. The van der Waals surface area contributed by atoms with Crippen molar-refractivity contribution < 1.29 is 19.1 Å². The van der Waals surface area contributed by atoms with E-state index in [1.807, 2.05) is 6.92 Å². The maximum Gasteiger partial charge on any atom is 0.374 e. The average molecular weight is 284 g/mol. The van der Waals surface area contributed by atoms with Gasteiger partial charge in [-0.05, 0) is 45.4 Å². The van der Waals surface area contributed by atoms with Crippen molar-refractivity contribution in [3.63, 3.8) is 0 Å². The van der Waals surface area contributed by atoms with Crippen molar-refractivity contribution in [1.29, 1.82) is 0 Å². The third-order valence-corrected chi connectivity index (χ3v) is 4.19. The van der Waals surface area contributed by atoms with E-state index in [4.69, 9.17) is 9.47 Å². The van der Waals surface area contributed by atoms with Crippen molar-refractivity contribution in [1.82, 2.24) is 0 Å². The van der Waals surface area contributed by atoms with Crippen LogP contribution in [0.1, 0.15) is 60.3 Å². The third kappa shape index (κ3) is 5.23. The van der Waals surface area contributed by atoms with Crippen LogP contribution in [0.2, 0.25) is 0 Å². The molecule has 1 aliphatic rings. The molecule has 20 heavy (non-hydrogen) atoms. The number of carbonyl (C=O) groups excluding carboxylic acids is 2. The molecule has 1 fully saturated rings. The maximum absolute atomic E-state index is 11.6. The van der Waals surface area contributed by atoms with E-state index in [9.17, 15) is 9.59 Å². The lowest BCUT2D eigenvalue weighted by Crippen LogP contribution is -2.24. The van der Waals surface area contributed by atoms with Gasteiger partial charge in [0.2, 0.25) is 5.78 Å². The molecule has 3 atom stereocenters. The first kappa shape index (κ1) is 17.2. The van der Waals surface area contributed by atoms with Crippen LogP contribution in [0.25, 0.3) is 0 Å². The molecule has 0 amide bonds. The van der Waals surface area contributed by atoms with Crippen molar-refractivity contribution >= 4 is 11.8 Å². The first-order chi connectivity index (χ1) is 9.27. The van der Waals surface area contributed by atoms with Gasteiger partial charge in [-0.3, -0.25) is 4.79 Å². The van der Waals surface area contributed by atoms with Crippen LogP contribution in [0.15, 0.2) is 0 Å². The van der Waals surface area contributed by atoms with Gasteiger partial charge in [0.1, 0.15) is 0 Å². The molecule has 1 heterocycles. The smallest absolute Gasteiger partial charge is 0.374 e. The van der Waals surface area contributed by atoms with Gasteiger partial charge in [0.05, 0.1) is 18.3 Å². The van der Waals surface area contributed by atoms with Crippen LogP contribution in [-0.4, -0.2) is 30.1 Å². The Labute approximate surface area is 122 Å². The molecular formula is C16H28O4. The van der Waals surface area contributed by atoms with Gasteiger partial charge >= 0.3 is 5.97 Å². The second-order valence-corrected chi connectivity index (χ2v) is 6.49. The number of ketones is 1. The van der Waals surface area contributed by atoms with Crippen molar-refractivity contribution in [2.24, 2.45) is 11.8 Å². The summed E-state index contributed by atoms with van der Waals surface area (Å²) in [5.41, 5.74) is 0.0505. The van der Waals surface area contributed by atoms with Crippen LogP contribution in [0.5, 0.6) is 0 Å². The summed E-state index contributed by atoms with van der Waals surface area (Å²) in [7, 11) is 0. The van der Waals surface area contributed by atoms with Crippen LogP contribution >= 0.6 is 0 Å². The predicted octanol–water partition coefficient (Wildman–Crippen LogP) is 3.13. The van der Waals surface area contributed by atoms with Gasteiger partial charge in [0, 0.05) is 5.92 Å². The normalized spacial score (nSPS) is 22.9. The summed E-state index contributed by atoms with van der Waals surface area (Å²) < 4.78 is 10.6. The zero-order chi connectivity index (χ0) is 15.3. The highest BCUT2D eigenvalue weighted by Crippen LogP contribution is 2.39. The summed E-state index contributed by atoms with van der Waals surface area (Å²) >= 11 is 0. The maximum atomic E-state index is 11.6. The number of Topliss-reactive ketones (excluding diaryl/α,β-unsaturated/α-hetero) is 1. The van der Waals surface area contributed by atoms with Gasteiger partial charge in [0.25, 0.3) is 0 Å². The number of hydrogen-bond donors (Lipinski definition) is 0. The van der Waals surface area contributed by atoms with E-state index in [1.54, 1.807) is 6.92 Å². The monoisotopic (exact) mass is 284 g/mol. The molecule has 4 heteroatoms. The second kappa shape index (κ2) is 7.21. The lowest BCUT2D eigenvalue weighted by molar-refractivity contribution is -0.155. The van der Waals surface area contributed by atoms with Crippen LogP contribution in [0, 0.1) is 11.8 Å². The zero-order valence-electron chi connectivity index (χ0n) is 13.4. The first-order valence-corrected chi connectivity index (χ1v) is 7.66. The Kier molecular flexibility index (Phi) is 6.18. The molecule has 0 aromatic carbocycles. The van der Waals surface area contributed by atoms with Gasteiger partial charge in [-0.1, -0.05) is 20.8 Å². The number of ether oxygens (including phenoxy) is 2. The molecule has 0 aromatic heterocycles. The van der Waals surface area contributed by atoms with Gasteiger partial charge < -0.3 is 9.47 Å². The Bertz CT molecular complexity index is 348. The fourth-order valence-corrected chi connectivity index (χ4v) is 2.13. The summed E-state index contributed by atoms with van der Waals surface area (Å²) in [6, 6.07) is 0. The topological polar surface area (TPSA) is 55.9 Å². The minimum Gasteiger partial charge on any atom is -0.460 e. The van der Waals surface area contributed by atoms with Crippen LogP contribution in [0.4, 0.5) is 0 Å². The molecule has 1 rings (SSSR count). The summed E-state index contributed by atoms with van der Waals surface area (Å²) in [5.74, 6) is -0.859. The number of rotatable bonds is 9. The second-order valence-electron chi connectivity index (χ2n) is 6.49. The third-order valence-electron chi connectivity index (χ3n) is 4.19. The van der Waals surface area contributed by atoms with E-state index in [0.717, 1.165) is 19.3 Å². The summed E-state index contributed by atoms with van der Waals surface area (Å²) in [5, 5.41) is 0. The van der Waals surface area contributed by atoms with E-state index in [-0.39, 0.29) is 11.5 Å². The fraction of sp³-hybridized carbons (Fsp3) is 0.875. The molecule has 4 nitrogen and oxygen atoms in total. The fourth-order valence-electron chi connectivity index (χ4n) is 2.13. The standard InChI is InChI=1S/C16H28O4/c1-6-12(3)14(17)15(18)19-10-9-11(2)7-8-13-16(4,5)20-13/h11-13H,6-10H2,1-5H3. The SMILES string of the molecule is CCC(C)C(=O)C(=O)OCCC(C)CCC1OC1(C)C. The number of hydrogen-bond acceptors (Lipinski definition) is 4. The zero-order valence-corrected chi connectivity index (χ0v) is 13.4. The lowest BCUT2D eigenvalue weighted by atomic mass is 9.98. The van der Waals surface area contributed by atoms with E-state index < -0.39 is 11.8 Å². The molecule has 0 bridgehead atoms. The number of carbonyl (C=O) groups is 2. The molecule has 0 saturated carbocycles. The minimum atomic E-state index is -0.682. The first-order valence-electron chi connectivity index (χ1n) is 7.66. The number of esters is 1. The molecule has 0 aliphatic carbocycles. The molecular weight excluding hydrogens is 256 g/mol. The van der Waals surface area contributed by atoms with Crippen molar-refractivity contribution in [3.8, 4) is 0 Å². The average Bonchev–Trinajstić information content (AvgIpc) is 3.02. The molecule has 1 saturated heterocycles. The molecule has 0 spiro atoms. The minimum absolute atomic E-state index is 0.0505. The summed E-state index contributed by atoms with van der Waals surface area (Å²) in [6.45, 7) is 10.3. The van der Waals surface area contributed by atoms with Gasteiger partial charge in [-0.25, -0.2) is 4.79 Å². The van der Waals surface area contributed by atoms with E-state index in [0.29, 0.717) is 25.0 Å². The van der Waals surface area contributed by atoms with Crippen LogP contribution < -0.4 is 0 Å². The highest BCUT2D eigenvalue weighted by atomic mass is 16.6. The molecule has 0 radical (unpaired) electrons. The van der Waals surface area contributed by atoms with Crippen LogP contribution in [0.3, 0.4) is 0 Å². The predicted molar refractivity (Wildman–Crippen MR) is 77.4 cm³/mol. The van der Waals surface area contributed by atoms with Crippen LogP contribution in [-0.2, 0) is 19.1 Å². The van der Waals surface area contributed by atoms with Gasteiger partial charge in [0.15, 0.2) is 0 Å². The molecule has 1 aliphatic heterocycles. The number of epoxide rings is 1. The lowest BCUT2D eigenvalue weighted by Gasteiger charge is -2.12. The summed E-state index contributed by atoms with van der Waals surface area (Å²) in [6.07, 6.45) is 3.95. The molecule has 0 N–H and O–H groups in total. The van der Waals surface area contributed by atoms with Crippen molar-refractivity contribution in [3.05, 3.63) is 0 Å². The highest BCUT2D eigenvalue weighted by Gasteiger charge is 2.46. The Balaban J connectivity index is 2.11. The van der Waals surface area contributed by atoms with E-state index in [2.05, 4.69) is 20.8 Å². The molecule has 116 valence electrons. The largest absolute Gasteiger partial charge is 0.460 e. The van der Waals surface area contributed by atoms with Crippen molar-refractivity contribution in [2.75, 3.05) is 6.61 Å². The molecule has 3 unspecified atom stereocenters. The van der Waals surface area contributed by atoms with Gasteiger partial charge in [-0.15, -0.1) is 0 Å².